The van der Waals surface area contributed by atoms with Crippen LogP contribution in [0.4, 0.5) is 0 Å². The fraction of sp³-hybridized carbons (Fsp3) is 0.500. The second-order valence-electron chi connectivity index (χ2n) is 12.2. The Labute approximate surface area is 246 Å². The van der Waals surface area contributed by atoms with Crippen molar-refractivity contribution >= 4 is 43.9 Å². The first-order valence-corrected chi connectivity index (χ1v) is 16.3. The van der Waals surface area contributed by atoms with Gasteiger partial charge in [-0.05, 0) is 64.3 Å². The molecule has 3 N–H and O–H groups in total. The molecule has 9 nitrogen and oxygen atoms in total. The Morgan fingerprint density at radius 1 is 1.07 bits per heavy atom. The summed E-state index contributed by atoms with van der Waals surface area (Å²) in [5.41, 5.74) is -0.949. The number of amides is 2. The van der Waals surface area contributed by atoms with Gasteiger partial charge in [0.2, 0.25) is 10.0 Å². The molecule has 2 aromatic carbocycles. The average Bonchev–Trinajstić information content (AvgIpc) is 3.35. The minimum absolute atomic E-state index is 0.0185. The predicted molar refractivity (Wildman–Crippen MR) is 163 cm³/mol. The molecule has 0 unspecified atom stereocenters. The average molecular weight is 601 g/mol. The molecule has 1 aromatic heterocycles. The van der Waals surface area contributed by atoms with E-state index in [1.54, 1.807) is 43.0 Å². The maximum Gasteiger partial charge on any atom is 0.280 e. The number of likely N-dealkylation sites (tertiary alicyclic amines) is 1. The number of aromatic nitrogens is 1. The number of hydrogen-bond donors (Lipinski definition) is 3. The second-order valence-corrected chi connectivity index (χ2v) is 14.8. The Kier molecular flexibility index (Phi) is 8.94. The van der Waals surface area contributed by atoms with Crippen molar-refractivity contribution in [3.8, 4) is 10.4 Å². The molecule has 1 saturated heterocycles. The van der Waals surface area contributed by atoms with Crippen LogP contribution in [0.2, 0.25) is 0 Å². The summed E-state index contributed by atoms with van der Waals surface area (Å²) >= 11 is 1.09. The van der Waals surface area contributed by atoms with Gasteiger partial charge in [-0.25, -0.2) is 18.1 Å². The van der Waals surface area contributed by atoms with E-state index in [9.17, 15) is 23.1 Å². The van der Waals surface area contributed by atoms with E-state index < -0.39 is 27.1 Å². The molecule has 3 aromatic rings. The molecule has 2 amide bonds. The van der Waals surface area contributed by atoms with Crippen LogP contribution in [0.15, 0.2) is 41.3 Å². The van der Waals surface area contributed by atoms with Gasteiger partial charge in [-0.3, -0.25) is 9.59 Å². The second kappa shape index (κ2) is 11.8. The third-order valence-electron chi connectivity index (χ3n) is 7.49. The Morgan fingerprint density at radius 3 is 2.32 bits per heavy atom. The predicted octanol–water partition coefficient (Wildman–Crippen LogP) is 4.80. The minimum Gasteiger partial charge on any atom is -0.389 e. The number of benzene rings is 2. The van der Waals surface area contributed by atoms with Crippen LogP contribution < -0.4 is 10.0 Å². The maximum atomic E-state index is 13.8. The lowest BCUT2D eigenvalue weighted by atomic mass is 9.98. The van der Waals surface area contributed by atoms with Gasteiger partial charge in [0.25, 0.3) is 11.8 Å². The zero-order valence-electron chi connectivity index (χ0n) is 24.6. The quantitative estimate of drug-likeness (QED) is 0.324. The van der Waals surface area contributed by atoms with Crippen LogP contribution in [0.1, 0.15) is 81.1 Å². The Hall–Kier alpha value is -2.86. The number of piperidine rings is 1. The van der Waals surface area contributed by atoms with Crippen LogP contribution in [-0.4, -0.2) is 66.0 Å². The van der Waals surface area contributed by atoms with Gasteiger partial charge in [0.15, 0.2) is 5.01 Å². The van der Waals surface area contributed by atoms with Crippen LogP contribution in [0, 0.1) is 5.92 Å². The normalized spacial score (nSPS) is 15.3. The summed E-state index contributed by atoms with van der Waals surface area (Å²) < 4.78 is 29.7. The summed E-state index contributed by atoms with van der Waals surface area (Å²) in [7, 11) is -3.86. The summed E-state index contributed by atoms with van der Waals surface area (Å²) in [6.45, 7) is 12.2. The topological polar surface area (TPSA) is 129 Å². The molecule has 11 heteroatoms. The third kappa shape index (κ3) is 7.14. The van der Waals surface area contributed by atoms with Crippen molar-refractivity contribution in [1.82, 2.24) is 19.9 Å². The van der Waals surface area contributed by atoms with E-state index in [1.165, 1.54) is 0 Å². The summed E-state index contributed by atoms with van der Waals surface area (Å²) in [6.07, 6.45) is 2.39. The summed E-state index contributed by atoms with van der Waals surface area (Å²) in [4.78, 5) is 33.8. The first-order valence-electron chi connectivity index (χ1n) is 14.0. The lowest BCUT2D eigenvalue weighted by molar-refractivity contribution is 0.0685. The van der Waals surface area contributed by atoms with Gasteiger partial charge >= 0.3 is 0 Å². The Bertz CT molecular complexity index is 1550. The number of sulfonamides is 1. The Balaban J connectivity index is 1.84. The SMILES string of the molecule is CCC(C)(C)NS(=O)(=O)c1ccc(-c2sc(C(=O)NCC(C)(C)O)nc2C(=O)N2CCC(C)CC2)c2ccccc12. The highest BCUT2D eigenvalue weighted by Crippen LogP contribution is 2.39. The van der Waals surface area contributed by atoms with Gasteiger partial charge in [-0.2, -0.15) is 0 Å². The highest BCUT2D eigenvalue weighted by atomic mass is 32.2. The fourth-order valence-corrected chi connectivity index (χ4v) is 7.38. The number of thiazole rings is 1. The van der Waals surface area contributed by atoms with E-state index in [0.29, 0.717) is 46.6 Å². The van der Waals surface area contributed by atoms with E-state index >= 15 is 0 Å². The molecule has 0 radical (unpaired) electrons. The van der Waals surface area contributed by atoms with Crippen molar-refractivity contribution in [3.63, 3.8) is 0 Å². The molecule has 1 aliphatic rings. The molecule has 1 fully saturated rings. The Morgan fingerprint density at radius 2 is 1.71 bits per heavy atom. The van der Waals surface area contributed by atoms with E-state index in [2.05, 4.69) is 21.9 Å². The molecule has 0 aliphatic carbocycles. The number of rotatable bonds is 9. The molecule has 0 spiro atoms. The number of fused-ring (bicyclic) bond motifs is 1. The first kappa shape index (κ1) is 31.1. The highest BCUT2D eigenvalue weighted by molar-refractivity contribution is 7.89. The smallest absolute Gasteiger partial charge is 0.280 e. The van der Waals surface area contributed by atoms with Gasteiger partial charge < -0.3 is 15.3 Å². The summed E-state index contributed by atoms with van der Waals surface area (Å²) in [6, 6.07) is 10.4. The van der Waals surface area contributed by atoms with Crippen molar-refractivity contribution < 1.29 is 23.1 Å². The van der Waals surface area contributed by atoms with Crippen molar-refractivity contribution in [3.05, 3.63) is 47.1 Å². The number of aliphatic hydroxyl groups is 1. The molecule has 222 valence electrons. The van der Waals surface area contributed by atoms with E-state index in [1.807, 2.05) is 32.9 Å². The zero-order valence-corrected chi connectivity index (χ0v) is 26.2. The van der Waals surface area contributed by atoms with Crippen LogP contribution in [-0.2, 0) is 10.0 Å². The van der Waals surface area contributed by atoms with E-state index in [-0.39, 0.29) is 28.0 Å². The molecule has 0 saturated carbocycles. The molecule has 2 heterocycles. The number of carbonyl (C=O) groups excluding carboxylic acids is 2. The molecule has 0 bridgehead atoms. The zero-order chi connectivity index (χ0) is 30.2. The minimum atomic E-state index is -3.86. The van der Waals surface area contributed by atoms with Gasteiger partial charge in [0.1, 0.15) is 5.69 Å². The van der Waals surface area contributed by atoms with Crippen LogP contribution in [0.5, 0.6) is 0 Å². The summed E-state index contributed by atoms with van der Waals surface area (Å²) in [5, 5.41) is 14.0. The molecule has 4 rings (SSSR count). The number of carbonyl (C=O) groups is 2. The van der Waals surface area contributed by atoms with E-state index in [0.717, 1.165) is 24.2 Å². The van der Waals surface area contributed by atoms with Crippen molar-refractivity contribution in [1.29, 1.82) is 0 Å². The largest absolute Gasteiger partial charge is 0.389 e. The standard InChI is InChI=1S/C30H40N4O5S2/c1-7-29(3,4)33-41(38,39)23-13-12-22(20-10-8-9-11-21(20)23)25-24(28(36)34-16-14-19(2)15-17-34)32-27(40-25)26(35)31-18-30(5,6)37/h8-13,19,33,37H,7,14-18H2,1-6H3,(H,31,35). The van der Waals surface area contributed by atoms with Gasteiger partial charge in [-0.1, -0.05) is 44.2 Å². The molecule has 0 atom stereocenters. The summed E-state index contributed by atoms with van der Waals surface area (Å²) in [5.74, 6) is -0.210. The van der Waals surface area contributed by atoms with Crippen molar-refractivity contribution in [2.24, 2.45) is 5.92 Å². The van der Waals surface area contributed by atoms with Gasteiger partial charge in [0, 0.05) is 36.1 Å². The number of hydrogen-bond acceptors (Lipinski definition) is 7. The molecule has 1 aliphatic heterocycles. The lowest BCUT2D eigenvalue weighted by Crippen LogP contribution is -2.42. The molecular formula is C30H40N4O5S2. The highest BCUT2D eigenvalue weighted by Gasteiger charge is 2.31. The monoisotopic (exact) mass is 600 g/mol. The van der Waals surface area contributed by atoms with Crippen LogP contribution >= 0.6 is 11.3 Å². The molecular weight excluding hydrogens is 560 g/mol. The van der Waals surface area contributed by atoms with Crippen LogP contribution in [0.3, 0.4) is 0 Å². The maximum absolute atomic E-state index is 13.8. The lowest BCUT2D eigenvalue weighted by Gasteiger charge is -2.30. The molecule has 41 heavy (non-hydrogen) atoms. The van der Waals surface area contributed by atoms with Crippen LogP contribution in [0.25, 0.3) is 21.2 Å². The number of nitrogens with zero attached hydrogens (tertiary/aromatic N) is 2. The van der Waals surface area contributed by atoms with E-state index in [4.69, 9.17) is 0 Å². The first-order chi connectivity index (χ1) is 19.1. The van der Waals surface area contributed by atoms with Gasteiger partial charge in [0.05, 0.1) is 15.4 Å². The van der Waals surface area contributed by atoms with Gasteiger partial charge in [-0.15, -0.1) is 11.3 Å². The van der Waals surface area contributed by atoms with Crippen molar-refractivity contribution in [2.75, 3.05) is 19.6 Å². The van der Waals surface area contributed by atoms with Crippen molar-refractivity contribution in [2.45, 2.75) is 76.8 Å². The third-order valence-corrected chi connectivity index (χ3v) is 10.3. The number of nitrogens with one attached hydrogen (secondary N) is 2. The fourth-order valence-electron chi connectivity index (χ4n) is 4.67.